The van der Waals surface area contributed by atoms with Gasteiger partial charge in [0.15, 0.2) is 0 Å². The van der Waals surface area contributed by atoms with Gasteiger partial charge in [0, 0.05) is 6.54 Å². The van der Waals surface area contributed by atoms with Gasteiger partial charge in [-0.1, -0.05) is 0 Å². The molecule has 16 heavy (non-hydrogen) atoms. The van der Waals surface area contributed by atoms with Gasteiger partial charge in [0.25, 0.3) is 0 Å². The number of alkyl halides is 3. The first-order valence-corrected chi connectivity index (χ1v) is 4.63. The van der Waals surface area contributed by atoms with Crippen LogP contribution in [0, 0.1) is 5.41 Å². The molecule has 0 aliphatic heterocycles. The van der Waals surface area contributed by atoms with E-state index in [4.69, 9.17) is 0 Å². The number of ether oxygens (including phenoxy) is 1. The Kier molecular flexibility index (Phi) is 4.77. The summed E-state index contributed by atoms with van der Waals surface area (Å²) < 4.78 is 40.2. The molecule has 0 saturated carbocycles. The van der Waals surface area contributed by atoms with Crippen LogP contribution >= 0.6 is 0 Å². The minimum atomic E-state index is -4.94. The Bertz CT molecular complexity index is 274. The van der Waals surface area contributed by atoms with Crippen LogP contribution in [-0.4, -0.2) is 31.2 Å². The average Bonchev–Trinajstić information content (AvgIpc) is 2.13. The molecule has 0 atom stereocenters. The zero-order valence-corrected chi connectivity index (χ0v) is 9.27. The minimum Gasteiger partial charge on any atom is -0.466 e. The SMILES string of the molecule is CCOC(=O)C(C)(C)CNC(=O)C(F)(F)F. The summed E-state index contributed by atoms with van der Waals surface area (Å²) in [6.45, 7) is 4.07. The fourth-order valence-electron chi connectivity index (χ4n) is 0.800. The molecule has 0 saturated heterocycles. The fourth-order valence-corrected chi connectivity index (χ4v) is 0.800. The van der Waals surface area contributed by atoms with E-state index < -0.39 is 30.0 Å². The van der Waals surface area contributed by atoms with Gasteiger partial charge in [-0.05, 0) is 20.8 Å². The molecule has 1 N–H and O–H groups in total. The fraction of sp³-hybridized carbons (Fsp3) is 0.778. The van der Waals surface area contributed by atoms with Gasteiger partial charge in [-0.3, -0.25) is 9.59 Å². The minimum absolute atomic E-state index is 0.134. The van der Waals surface area contributed by atoms with Crippen LogP contribution in [0.2, 0.25) is 0 Å². The van der Waals surface area contributed by atoms with Crippen molar-refractivity contribution in [2.24, 2.45) is 5.41 Å². The van der Waals surface area contributed by atoms with Gasteiger partial charge in [-0.15, -0.1) is 0 Å². The van der Waals surface area contributed by atoms with Gasteiger partial charge in [-0.25, -0.2) is 0 Å². The van der Waals surface area contributed by atoms with Crippen LogP contribution in [0.1, 0.15) is 20.8 Å². The summed E-state index contributed by atoms with van der Waals surface area (Å²) >= 11 is 0. The summed E-state index contributed by atoms with van der Waals surface area (Å²) in [6.07, 6.45) is -4.94. The second-order valence-electron chi connectivity index (χ2n) is 3.78. The number of hydrogen-bond donors (Lipinski definition) is 1. The lowest BCUT2D eigenvalue weighted by molar-refractivity contribution is -0.174. The van der Waals surface area contributed by atoms with Crippen molar-refractivity contribution in [3.8, 4) is 0 Å². The number of esters is 1. The summed E-state index contributed by atoms with van der Waals surface area (Å²) in [5.41, 5.74) is -1.18. The number of hydrogen-bond acceptors (Lipinski definition) is 3. The van der Waals surface area contributed by atoms with Crippen molar-refractivity contribution in [1.82, 2.24) is 5.32 Å². The number of carbonyl (C=O) groups is 2. The molecule has 4 nitrogen and oxygen atoms in total. The van der Waals surface area contributed by atoms with Crippen LogP contribution in [-0.2, 0) is 14.3 Å². The number of amides is 1. The standard InChI is InChI=1S/C9H14F3NO3/c1-4-16-7(15)8(2,3)5-13-6(14)9(10,11)12/h4-5H2,1-3H3,(H,13,14). The van der Waals surface area contributed by atoms with Crippen molar-refractivity contribution in [3.05, 3.63) is 0 Å². The van der Waals surface area contributed by atoms with Crippen LogP contribution in [0.4, 0.5) is 13.2 Å². The van der Waals surface area contributed by atoms with Gasteiger partial charge >= 0.3 is 18.1 Å². The van der Waals surface area contributed by atoms with Gasteiger partial charge in [0.1, 0.15) is 0 Å². The quantitative estimate of drug-likeness (QED) is 0.754. The average molecular weight is 241 g/mol. The number of carbonyl (C=O) groups excluding carboxylic acids is 2. The smallest absolute Gasteiger partial charge is 0.466 e. The highest BCUT2D eigenvalue weighted by molar-refractivity contribution is 5.83. The van der Waals surface area contributed by atoms with Gasteiger partial charge in [-0.2, -0.15) is 13.2 Å². The molecule has 94 valence electrons. The molecule has 0 aliphatic carbocycles. The Labute approximate surface area is 91.1 Å². The van der Waals surface area contributed by atoms with Gasteiger partial charge < -0.3 is 10.1 Å². The van der Waals surface area contributed by atoms with E-state index in [0.29, 0.717) is 0 Å². The molecule has 0 aliphatic rings. The number of nitrogens with one attached hydrogen (secondary N) is 1. The van der Waals surface area contributed by atoms with E-state index >= 15 is 0 Å². The third kappa shape index (κ3) is 4.50. The lowest BCUT2D eigenvalue weighted by Crippen LogP contribution is -2.44. The molecule has 0 rings (SSSR count). The van der Waals surface area contributed by atoms with Crippen molar-refractivity contribution >= 4 is 11.9 Å². The summed E-state index contributed by atoms with van der Waals surface area (Å²) in [6, 6.07) is 0. The highest BCUT2D eigenvalue weighted by atomic mass is 19.4. The van der Waals surface area contributed by atoms with Crippen molar-refractivity contribution < 1.29 is 27.5 Å². The molecule has 0 aromatic heterocycles. The van der Waals surface area contributed by atoms with Gasteiger partial charge in [0.2, 0.25) is 0 Å². The normalized spacial score (nSPS) is 12.1. The van der Waals surface area contributed by atoms with Crippen molar-refractivity contribution in [3.63, 3.8) is 0 Å². The van der Waals surface area contributed by atoms with Crippen molar-refractivity contribution in [2.75, 3.05) is 13.2 Å². The highest BCUT2D eigenvalue weighted by Gasteiger charge is 2.40. The number of halogens is 3. The van der Waals surface area contributed by atoms with Crippen LogP contribution in [0.15, 0.2) is 0 Å². The molecule has 0 aromatic rings. The molecular weight excluding hydrogens is 227 g/mol. The second-order valence-corrected chi connectivity index (χ2v) is 3.78. The first-order chi connectivity index (χ1) is 7.11. The monoisotopic (exact) mass is 241 g/mol. The molecule has 0 spiro atoms. The van der Waals surface area contributed by atoms with E-state index in [2.05, 4.69) is 4.74 Å². The van der Waals surface area contributed by atoms with E-state index in [1.807, 2.05) is 0 Å². The topological polar surface area (TPSA) is 55.4 Å². The summed E-state index contributed by atoms with van der Waals surface area (Å²) in [4.78, 5) is 21.8. The molecule has 0 fully saturated rings. The summed E-state index contributed by atoms with van der Waals surface area (Å²) in [7, 11) is 0. The Morgan fingerprint density at radius 2 is 1.75 bits per heavy atom. The maximum Gasteiger partial charge on any atom is 0.471 e. The van der Waals surface area contributed by atoms with E-state index in [1.165, 1.54) is 13.8 Å². The van der Waals surface area contributed by atoms with E-state index in [-0.39, 0.29) is 6.61 Å². The Balaban J connectivity index is 4.29. The third-order valence-corrected chi connectivity index (χ3v) is 1.78. The van der Waals surface area contributed by atoms with E-state index in [1.54, 1.807) is 12.2 Å². The van der Waals surface area contributed by atoms with Crippen molar-refractivity contribution in [1.29, 1.82) is 0 Å². The summed E-state index contributed by atoms with van der Waals surface area (Å²) in [5.74, 6) is -2.72. The van der Waals surface area contributed by atoms with Crippen LogP contribution in [0.25, 0.3) is 0 Å². The molecular formula is C9H14F3NO3. The van der Waals surface area contributed by atoms with E-state index in [0.717, 1.165) is 0 Å². The maximum atomic E-state index is 11.8. The lowest BCUT2D eigenvalue weighted by atomic mass is 9.94. The largest absolute Gasteiger partial charge is 0.471 e. The number of rotatable bonds is 4. The second kappa shape index (κ2) is 5.18. The Morgan fingerprint density at radius 3 is 2.12 bits per heavy atom. The highest BCUT2D eigenvalue weighted by Crippen LogP contribution is 2.18. The molecule has 0 aromatic carbocycles. The molecule has 1 amide bonds. The molecule has 0 unspecified atom stereocenters. The molecule has 7 heteroatoms. The zero-order chi connectivity index (χ0) is 13.0. The molecule has 0 radical (unpaired) electrons. The Morgan fingerprint density at radius 1 is 1.25 bits per heavy atom. The first-order valence-electron chi connectivity index (χ1n) is 4.63. The summed E-state index contributed by atoms with van der Waals surface area (Å²) in [5, 5.41) is 1.64. The predicted molar refractivity (Wildman–Crippen MR) is 49.5 cm³/mol. The zero-order valence-electron chi connectivity index (χ0n) is 9.27. The molecule has 0 heterocycles. The van der Waals surface area contributed by atoms with Gasteiger partial charge in [0.05, 0.1) is 12.0 Å². The Hall–Kier alpha value is -1.27. The van der Waals surface area contributed by atoms with Crippen LogP contribution in [0.5, 0.6) is 0 Å². The van der Waals surface area contributed by atoms with Crippen molar-refractivity contribution in [2.45, 2.75) is 26.9 Å². The third-order valence-electron chi connectivity index (χ3n) is 1.78. The predicted octanol–water partition coefficient (Wildman–Crippen LogP) is 1.25. The van der Waals surface area contributed by atoms with Crippen LogP contribution < -0.4 is 5.32 Å². The van der Waals surface area contributed by atoms with Crippen LogP contribution in [0.3, 0.4) is 0 Å². The lowest BCUT2D eigenvalue weighted by Gasteiger charge is -2.22. The first kappa shape index (κ1) is 14.7. The maximum absolute atomic E-state index is 11.8. The van der Waals surface area contributed by atoms with E-state index in [9.17, 15) is 22.8 Å². The molecule has 0 bridgehead atoms.